The fourth-order valence-corrected chi connectivity index (χ4v) is 2.36. The lowest BCUT2D eigenvalue weighted by molar-refractivity contribution is -0.121. The number of fused-ring (bicyclic) bond motifs is 1. The Bertz CT molecular complexity index is 561. The average molecular weight is 289 g/mol. The summed E-state index contributed by atoms with van der Waals surface area (Å²) in [6.07, 6.45) is 5.72. The van der Waals surface area contributed by atoms with Gasteiger partial charge in [0.2, 0.25) is 5.91 Å². The first-order valence-electron chi connectivity index (χ1n) is 7.42. The zero-order valence-corrected chi connectivity index (χ0v) is 12.7. The van der Waals surface area contributed by atoms with Crippen LogP contribution >= 0.6 is 0 Å². The van der Waals surface area contributed by atoms with Crippen molar-refractivity contribution in [3.8, 4) is 0 Å². The maximum atomic E-state index is 12.0. The number of amides is 1. The van der Waals surface area contributed by atoms with Gasteiger partial charge >= 0.3 is 0 Å². The van der Waals surface area contributed by atoms with Gasteiger partial charge in [0.25, 0.3) is 0 Å². The van der Waals surface area contributed by atoms with Crippen molar-refractivity contribution < 1.29 is 9.90 Å². The summed E-state index contributed by atoms with van der Waals surface area (Å²) in [6.45, 7) is 4.67. The van der Waals surface area contributed by atoms with E-state index >= 15 is 0 Å². The molecule has 5 heteroatoms. The van der Waals surface area contributed by atoms with Gasteiger partial charge in [0.15, 0.2) is 0 Å². The molecule has 0 aromatic carbocycles. The van der Waals surface area contributed by atoms with Crippen molar-refractivity contribution in [2.75, 3.05) is 13.2 Å². The van der Waals surface area contributed by atoms with Gasteiger partial charge in [-0.1, -0.05) is 19.9 Å². The van der Waals surface area contributed by atoms with Gasteiger partial charge in [-0.2, -0.15) is 0 Å². The Hall–Kier alpha value is -1.88. The van der Waals surface area contributed by atoms with Gasteiger partial charge in [0.05, 0.1) is 18.7 Å². The summed E-state index contributed by atoms with van der Waals surface area (Å²) < 4.78 is 1.90. The molecule has 0 fully saturated rings. The van der Waals surface area contributed by atoms with Crippen LogP contribution < -0.4 is 5.32 Å². The number of pyridine rings is 1. The van der Waals surface area contributed by atoms with Crippen LogP contribution in [-0.4, -0.2) is 33.6 Å². The van der Waals surface area contributed by atoms with Crippen molar-refractivity contribution in [1.29, 1.82) is 0 Å². The molecule has 0 aliphatic carbocycles. The second-order valence-corrected chi connectivity index (χ2v) is 5.52. The first-order valence-corrected chi connectivity index (χ1v) is 7.42. The van der Waals surface area contributed by atoms with E-state index in [1.807, 2.05) is 48.8 Å². The second-order valence-electron chi connectivity index (χ2n) is 5.52. The summed E-state index contributed by atoms with van der Waals surface area (Å²) >= 11 is 0. The molecule has 21 heavy (non-hydrogen) atoms. The molecular formula is C16H23N3O2. The Morgan fingerprint density at radius 2 is 2.14 bits per heavy atom. The van der Waals surface area contributed by atoms with Gasteiger partial charge in [-0.15, -0.1) is 0 Å². The normalized spacial score (nSPS) is 11.8. The predicted molar refractivity (Wildman–Crippen MR) is 82.0 cm³/mol. The van der Waals surface area contributed by atoms with E-state index in [-0.39, 0.29) is 24.3 Å². The number of aliphatic hydroxyl groups is 1. The third-order valence-electron chi connectivity index (χ3n) is 4.25. The fraction of sp³-hybridized carbons (Fsp3) is 0.500. The molecule has 0 saturated heterocycles. The van der Waals surface area contributed by atoms with E-state index in [9.17, 15) is 9.90 Å². The molecule has 114 valence electrons. The highest BCUT2D eigenvalue weighted by Crippen LogP contribution is 2.24. The first-order chi connectivity index (χ1) is 10.1. The van der Waals surface area contributed by atoms with E-state index in [0.717, 1.165) is 24.2 Å². The number of hydrogen-bond acceptors (Lipinski definition) is 3. The van der Waals surface area contributed by atoms with E-state index in [1.54, 1.807) is 0 Å². The molecule has 0 spiro atoms. The van der Waals surface area contributed by atoms with Crippen LogP contribution in [0.5, 0.6) is 0 Å². The summed E-state index contributed by atoms with van der Waals surface area (Å²) in [6, 6.07) is 5.76. The van der Waals surface area contributed by atoms with Crippen LogP contribution in [0.4, 0.5) is 0 Å². The van der Waals surface area contributed by atoms with Gasteiger partial charge in [-0.25, -0.2) is 4.98 Å². The Balaban J connectivity index is 1.95. The first kappa shape index (κ1) is 15.5. The number of hydrogen-bond donors (Lipinski definition) is 2. The fourth-order valence-electron chi connectivity index (χ4n) is 2.36. The minimum atomic E-state index is -0.214. The minimum Gasteiger partial charge on any atom is -0.396 e. The summed E-state index contributed by atoms with van der Waals surface area (Å²) in [5.41, 5.74) is 1.38. The highest BCUT2D eigenvalue weighted by Gasteiger charge is 2.25. The van der Waals surface area contributed by atoms with Crippen molar-refractivity contribution in [1.82, 2.24) is 14.7 Å². The van der Waals surface area contributed by atoms with Crippen molar-refractivity contribution in [2.24, 2.45) is 5.41 Å². The van der Waals surface area contributed by atoms with Crippen molar-refractivity contribution in [2.45, 2.75) is 33.1 Å². The van der Waals surface area contributed by atoms with Gasteiger partial charge in [-0.05, 0) is 25.0 Å². The summed E-state index contributed by atoms with van der Waals surface area (Å²) in [4.78, 5) is 16.5. The number of carbonyl (C=O) groups excluding carboxylic acids is 1. The number of nitrogens with one attached hydrogen (secondary N) is 1. The molecule has 0 atom stereocenters. The molecule has 0 saturated carbocycles. The van der Waals surface area contributed by atoms with Gasteiger partial charge in [0, 0.05) is 24.4 Å². The molecule has 0 bridgehead atoms. The van der Waals surface area contributed by atoms with Crippen LogP contribution in [0.3, 0.4) is 0 Å². The molecule has 2 heterocycles. The third kappa shape index (κ3) is 3.61. The monoisotopic (exact) mass is 289 g/mol. The summed E-state index contributed by atoms with van der Waals surface area (Å²) in [7, 11) is 0. The van der Waals surface area contributed by atoms with E-state index < -0.39 is 0 Å². The highest BCUT2D eigenvalue weighted by atomic mass is 16.3. The largest absolute Gasteiger partial charge is 0.396 e. The van der Waals surface area contributed by atoms with Crippen molar-refractivity contribution in [3.63, 3.8) is 0 Å². The summed E-state index contributed by atoms with van der Waals surface area (Å²) in [5, 5.41) is 12.4. The molecule has 1 amide bonds. The predicted octanol–water partition coefficient (Wildman–Crippen LogP) is 1.79. The quantitative estimate of drug-likeness (QED) is 0.816. The molecule has 0 aliphatic rings. The molecule has 2 aromatic rings. The molecule has 0 unspecified atom stereocenters. The van der Waals surface area contributed by atoms with Crippen LogP contribution in [-0.2, 0) is 11.2 Å². The molecule has 2 aromatic heterocycles. The van der Waals surface area contributed by atoms with Crippen LogP contribution in [0.15, 0.2) is 30.6 Å². The zero-order valence-electron chi connectivity index (χ0n) is 12.7. The SMILES string of the molecule is CCC(CC)(CO)CNC(=O)Cc1cn2ccccc2n1. The maximum absolute atomic E-state index is 12.0. The Morgan fingerprint density at radius 1 is 1.38 bits per heavy atom. The average Bonchev–Trinajstić information content (AvgIpc) is 2.91. The van der Waals surface area contributed by atoms with Crippen LogP contribution in [0.25, 0.3) is 5.65 Å². The van der Waals surface area contributed by atoms with Crippen LogP contribution in [0.1, 0.15) is 32.4 Å². The summed E-state index contributed by atoms with van der Waals surface area (Å²) in [5.74, 6) is -0.0573. The number of rotatable bonds is 7. The topological polar surface area (TPSA) is 66.6 Å². The van der Waals surface area contributed by atoms with Crippen LogP contribution in [0, 0.1) is 5.41 Å². The molecule has 0 aliphatic heterocycles. The van der Waals surface area contributed by atoms with Crippen molar-refractivity contribution in [3.05, 3.63) is 36.3 Å². The smallest absolute Gasteiger partial charge is 0.226 e. The van der Waals surface area contributed by atoms with Crippen molar-refractivity contribution >= 4 is 11.6 Å². The molecule has 5 nitrogen and oxygen atoms in total. The Labute approximate surface area is 125 Å². The lowest BCUT2D eigenvalue weighted by Crippen LogP contribution is -2.40. The van der Waals surface area contributed by atoms with Gasteiger partial charge in [-0.3, -0.25) is 4.79 Å². The van der Waals surface area contributed by atoms with Gasteiger partial charge in [0.1, 0.15) is 5.65 Å². The van der Waals surface area contributed by atoms with E-state index in [0.29, 0.717) is 6.54 Å². The van der Waals surface area contributed by atoms with E-state index in [1.165, 1.54) is 0 Å². The Morgan fingerprint density at radius 3 is 2.76 bits per heavy atom. The minimum absolute atomic E-state index is 0.0573. The van der Waals surface area contributed by atoms with Gasteiger partial charge < -0.3 is 14.8 Å². The van der Waals surface area contributed by atoms with Crippen LogP contribution in [0.2, 0.25) is 0 Å². The molecule has 2 N–H and O–H groups in total. The molecular weight excluding hydrogens is 266 g/mol. The number of nitrogens with zero attached hydrogens (tertiary/aromatic N) is 2. The highest BCUT2D eigenvalue weighted by molar-refractivity contribution is 5.78. The number of aromatic nitrogens is 2. The van der Waals surface area contributed by atoms with E-state index in [4.69, 9.17) is 0 Å². The maximum Gasteiger partial charge on any atom is 0.226 e. The number of imidazole rings is 1. The van der Waals surface area contributed by atoms with E-state index in [2.05, 4.69) is 10.3 Å². The zero-order chi connectivity index (χ0) is 15.3. The second kappa shape index (κ2) is 6.72. The molecule has 2 rings (SSSR count). The number of aliphatic hydroxyl groups excluding tert-OH is 1. The molecule has 0 radical (unpaired) electrons. The standard InChI is InChI=1S/C16H23N3O2/c1-3-16(4-2,12-20)11-17-15(21)9-13-10-19-8-6-5-7-14(19)18-13/h5-8,10,20H,3-4,9,11-12H2,1-2H3,(H,17,21). The third-order valence-corrected chi connectivity index (χ3v) is 4.25. The lowest BCUT2D eigenvalue weighted by atomic mass is 9.83. The Kier molecular flexibility index (Phi) is 4.96. The lowest BCUT2D eigenvalue weighted by Gasteiger charge is -2.29. The number of carbonyl (C=O) groups is 1.